The number of hydrogen-bond acceptors (Lipinski definition) is 7. The zero-order valence-electron chi connectivity index (χ0n) is 20.5. The van der Waals surface area contributed by atoms with Crippen LogP contribution in [-0.2, 0) is 24.8 Å². The molecule has 11 heteroatoms. The van der Waals surface area contributed by atoms with Crippen molar-refractivity contribution in [1.82, 2.24) is 4.90 Å². The number of imide groups is 1. The van der Waals surface area contributed by atoms with Gasteiger partial charge in [0.05, 0.1) is 11.6 Å². The van der Waals surface area contributed by atoms with Crippen molar-refractivity contribution >= 4 is 35.4 Å². The molecule has 2 aliphatic heterocycles. The summed E-state index contributed by atoms with van der Waals surface area (Å²) < 4.78 is 5.63. The Bertz CT molecular complexity index is 1250. The van der Waals surface area contributed by atoms with Crippen molar-refractivity contribution in [2.24, 2.45) is 29.2 Å². The van der Waals surface area contributed by atoms with E-state index < -0.39 is 47.5 Å². The third-order valence-electron chi connectivity index (χ3n) is 7.08. The normalized spacial score (nSPS) is 25.4. The Hall–Kier alpha value is -4.25. The highest BCUT2D eigenvalue weighted by Gasteiger charge is 2.72. The van der Waals surface area contributed by atoms with Gasteiger partial charge in [0.1, 0.15) is 11.8 Å². The second kappa shape index (κ2) is 9.66. The van der Waals surface area contributed by atoms with Crippen LogP contribution in [0.4, 0.5) is 10.5 Å². The molecule has 2 aromatic rings. The topological polar surface area (TPSA) is 180 Å². The van der Waals surface area contributed by atoms with Crippen LogP contribution >= 0.6 is 0 Å². The highest BCUT2D eigenvalue weighted by molar-refractivity contribution is 6.23. The molecule has 0 aromatic heterocycles. The summed E-state index contributed by atoms with van der Waals surface area (Å²) in [6, 6.07) is 13.9. The van der Waals surface area contributed by atoms with Crippen LogP contribution in [0.1, 0.15) is 31.4 Å². The molecule has 4 unspecified atom stereocenters. The number of rotatable bonds is 8. The lowest BCUT2D eigenvalue weighted by Gasteiger charge is -2.43. The fraction of sp³-hybridized carbons (Fsp3) is 0.346. The van der Waals surface area contributed by atoms with Crippen molar-refractivity contribution in [3.63, 3.8) is 0 Å². The van der Waals surface area contributed by atoms with Gasteiger partial charge in [-0.05, 0) is 18.1 Å². The first-order chi connectivity index (χ1) is 17.5. The average molecular weight is 508 g/mol. The highest BCUT2D eigenvalue weighted by atomic mass is 16.7. The number of fused-ring (bicyclic) bond motifs is 1. The van der Waals surface area contributed by atoms with Crippen molar-refractivity contribution in [3.8, 4) is 0 Å². The molecule has 0 spiro atoms. The number of nitrogen functional groups attached to an aromatic ring is 1. The first kappa shape index (κ1) is 25.8. The summed E-state index contributed by atoms with van der Waals surface area (Å²) in [5.41, 5.74) is 10.1. The molecule has 4 rings (SSSR count). The van der Waals surface area contributed by atoms with Gasteiger partial charge in [-0.2, -0.15) is 0 Å². The first-order valence-electron chi connectivity index (χ1n) is 11.9. The Morgan fingerprint density at radius 1 is 1.05 bits per heavy atom. The second-order valence-electron chi connectivity index (χ2n) is 9.55. The van der Waals surface area contributed by atoms with Crippen LogP contribution in [0.15, 0.2) is 54.6 Å². The summed E-state index contributed by atoms with van der Waals surface area (Å²) in [5, 5.41) is 17.6. The number of carbonyl (C=O) groups excluding carboxylic acids is 3. The van der Waals surface area contributed by atoms with Crippen molar-refractivity contribution in [3.05, 3.63) is 65.7 Å². The van der Waals surface area contributed by atoms with E-state index in [0.29, 0.717) is 11.3 Å². The van der Waals surface area contributed by atoms with Crippen molar-refractivity contribution in [2.75, 3.05) is 11.4 Å². The van der Waals surface area contributed by atoms with Gasteiger partial charge in [0.15, 0.2) is 0 Å². The molecule has 2 heterocycles. The summed E-state index contributed by atoms with van der Waals surface area (Å²) in [4.78, 5) is 54.6. The van der Waals surface area contributed by atoms with Crippen LogP contribution in [0.25, 0.3) is 0 Å². The van der Waals surface area contributed by atoms with E-state index in [-0.39, 0.29) is 30.3 Å². The number of para-hydroxylation sites is 1. The molecule has 2 saturated heterocycles. The lowest BCUT2D eigenvalue weighted by Crippen LogP contribution is -2.55. The second-order valence-corrected chi connectivity index (χ2v) is 9.55. The minimum atomic E-state index is -1.94. The van der Waals surface area contributed by atoms with E-state index in [0.717, 1.165) is 4.90 Å². The zero-order chi connectivity index (χ0) is 27.1. The number of primary amides is 1. The van der Waals surface area contributed by atoms with Crippen LogP contribution in [0.3, 0.4) is 0 Å². The predicted molar refractivity (Wildman–Crippen MR) is 133 cm³/mol. The number of carboxylic acid groups (broad SMARTS) is 1. The Labute approximate surface area is 213 Å². The number of ether oxygens (including phenoxy) is 1. The van der Waals surface area contributed by atoms with Crippen LogP contribution < -0.4 is 16.4 Å². The molecule has 2 aliphatic rings. The van der Waals surface area contributed by atoms with Gasteiger partial charge in [-0.1, -0.05) is 56.3 Å². The molecule has 0 aliphatic carbocycles. The van der Waals surface area contributed by atoms with Crippen molar-refractivity contribution in [1.29, 1.82) is 5.41 Å². The van der Waals surface area contributed by atoms with Gasteiger partial charge in [0.25, 0.3) is 0 Å². The summed E-state index contributed by atoms with van der Waals surface area (Å²) >= 11 is 0. The molecule has 2 aromatic carbocycles. The van der Waals surface area contributed by atoms with E-state index in [1.807, 2.05) is 13.8 Å². The SMILES string of the molecule is CC(C)C1C2C(=O)N(c3ccccc3)C(=O)C2C(OC(=O)O)(c2ccc(C(=N)N)cc2)N1CCC(N)=O. The Morgan fingerprint density at radius 3 is 2.19 bits per heavy atom. The van der Waals surface area contributed by atoms with E-state index in [4.69, 9.17) is 21.6 Å². The summed E-state index contributed by atoms with van der Waals surface area (Å²) in [7, 11) is 0. The summed E-state index contributed by atoms with van der Waals surface area (Å²) in [5.74, 6) is -4.32. The third kappa shape index (κ3) is 4.20. The molecular formula is C26H29N5O6. The standard InChI is InChI=1S/C26H29N5O6/c1-14(2)21-19-20(24(34)31(23(19)33)17-6-4-3-5-7-17)26(37-25(35)36,30(21)13-12-18(27)32)16-10-8-15(9-11-16)22(28)29/h3-11,14,19-21H,12-13H2,1-2H3,(H2,27,32)(H3,28,29)(H,35,36). The molecule has 0 saturated carbocycles. The lowest BCUT2D eigenvalue weighted by molar-refractivity contribution is -0.160. The summed E-state index contributed by atoms with van der Waals surface area (Å²) in [6.45, 7) is 3.67. The number of nitrogens with zero attached hydrogens (tertiary/aromatic N) is 2. The largest absolute Gasteiger partial charge is 0.507 e. The fourth-order valence-electron chi connectivity index (χ4n) is 5.74. The Morgan fingerprint density at radius 2 is 1.68 bits per heavy atom. The maximum atomic E-state index is 14.1. The number of hydrogen-bond donors (Lipinski definition) is 4. The number of amidine groups is 1. The fourth-order valence-corrected chi connectivity index (χ4v) is 5.74. The smallest absolute Gasteiger partial charge is 0.450 e. The third-order valence-corrected chi connectivity index (χ3v) is 7.08. The Kier molecular flexibility index (Phi) is 6.74. The molecule has 0 bridgehead atoms. The Balaban J connectivity index is 1.98. The monoisotopic (exact) mass is 507 g/mol. The average Bonchev–Trinajstić information content (AvgIpc) is 3.27. The zero-order valence-corrected chi connectivity index (χ0v) is 20.5. The molecule has 3 amide bonds. The molecule has 2 fully saturated rings. The van der Waals surface area contributed by atoms with E-state index in [2.05, 4.69) is 0 Å². The number of anilines is 1. The van der Waals surface area contributed by atoms with E-state index in [9.17, 15) is 24.3 Å². The quantitative estimate of drug-likeness (QED) is 0.181. The molecule has 37 heavy (non-hydrogen) atoms. The maximum absolute atomic E-state index is 14.1. The van der Waals surface area contributed by atoms with Gasteiger partial charge in [-0.15, -0.1) is 0 Å². The van der Waals surface area contributed by atoms with E-state index in [1.165, 1.54) is 24.3 Å². The van der Waals surface area contributed by atoms with Crippen LogP contribution in [0.5, 0.6) is 0 Å². The van der Waals surface area contributed by atoms with Gasteiger partial charge < -0.3 is 21.3 Å². The minimum Gasteiger partial charge on any atom is -0.450 e. The van der Waals surface area contributed by atoms with Gasteiger partial charge in [-0.3, -0.25) is 24.7 Å². The minimum absolute atomic E-state index is 0.0428. The molecule has 4 atom stereocenters. The molecule has 11 nitrogen and oxygen atoms in total. The van der Waals surface area contributed by atoms with Crippen LogP contribution in [0.2, 0.25) is 0 Å². The first-order valence-corrected chi connectivity index (χ1v) is 11.9. The summed E-state index contributed by atoms with van der Waals surface area (Å²) in [6.07, 6.45) is -1.80. The van der Waals surface area contributed by atoms with Crippen LogP contribution in [0, 0.1) is 23.2 Å². The molecule has 0 radical (unpaired) electrons. The number of benzene rings is 2. The number of amides is 3. The van der Waals surface area contributed by atoms with Gasteiger partial charge in [0, 0.05) is 30.1 Å². The maximum Gasteiger partial charge on any atom is 0.507 e. The molecular weight excluding hydrogens is 478 g/mol. The van der Waals surface area contributed by atoms with Gasteiger partial charge in [-0.25, -0.2) is 9.69 Å². The number of nitrogens with one attached hydrogen (secondary N) is 1. The van der Waals surface area contributed by atoms with E-state index in [1.54, 1.807) is 35.2 Å². The van der Waals surface area contributed by atoms with Crippen LogP contribution in [-0.4, -0.2) is 52.3 Å². The van der Waals surface area contributed by atoms with Crippen molar-refractivity contribution < 1.29 is 29.0 Å². The number of carbonyl (C=O) groups is 4. The molecule has 6 N–H and O–H groups in total. The van der Waals surface area contributed by atoms with Crippen molar-refractivity contribution in [2.45, 2.75) is 32.0 Å². The van der Waals surface area contributed by atoms with Gasteiger partial charge >= 0.3 is 6.16 Å². The number of nitrogens with two attached hydrogens (primary N) is 2. The molecule has 194 valence electrons. The predicted octanol–water partition coefficient (Wildman–Crippen LogP) is 1.84. The number of likely N-dealkylation sites (tertiary alicyclic amines) is 1. The highest BCUT2D eigenvalue weighted by Crippen LogP contribution is 2.56. The van der Waals surface area contributed by atoms with E-state index >= 15 is 0 Å². The van der Waals surface area contributed by atoms with Gasteiger partial charge in [0.2, 0.25) is 23.4 Å². The lowest BCUT2D eigenvalue weighted by atomic mass is 9.81.